The molecule has 0 bridgehead atoms. The lowest BCUT2D eigenvalue weighted by molar-refractivity contribution is 0.101. The van der Waals surface area contributed by atoms with E-state index in [4.69, 9.17) is 9.47 Å². The fourth-order valence-electron chi connectivity index (χ4n) is 1.90. The van der Waals surface area contributed by atoms with E-state index in [1.54, 1.807) is 32.4 Å². The van der Waals surface area contributed by atoms with Crippen molar-refractivity contribution in [3.63, 3.8) is 0 Å². The second kappa shape index (κ2) is 7.52. The Labute approximate surface area is 136 Å². The van der Waals surface area contributed by atoms with Gasteiger partial charge in [0.25, 0.3) is 0 Å². The molecule has 0 fully saturated rings. The van der Waals surface area contributed by atoms with Gasteiger partial charge < -0.3 is 9.47 Å². The molecule has 0 radical (unpaired) electrons. The topological polar surface area (TPSA) is 35.5 Å². The molecule has 3 nitrogen and oxygen atoms in total. The van der Waals surface area contributed by atoms with E-state index < -0.39 is 0 Å². The monoisotopic (exact) mass is 366 g/mol. The van der Waals surface area contributed by atoms with Crippen molar-refractivity contribution in [3.8, 4) is 11.5 Å². The van der Waals surface area contributed by atoms with E-state index in [2.05, 4.69) is 15.9 Å². The molecule has 0 N–H and O–H groups in total. The summed E-state index contributed by atoms with van der Waals surface area (Å²) in [5, 5.41) is 0. The first-order chi connectivity index (χ1) is 10.2. The predicted octanol–water partition coefficient (Wildman–Crippen LogP) is 4.44. The van der Waals surface area contributed by atoms with Crippen molar-refractivity contribution in [2.75, 3.05) is 20.0 Å². The molecule has 0 aliphatic carbocycles. The summed E-state index contributed by atoms with van der Waals surface area (Å²) in [4.78, 5) is 13.5. The lowest BCUT2D eigenvalue weighted by atomic mass is 10.1. The number of hydrogen-bond donors (Lipinski definition) is 0. The first-order valence-corrected chi connectivity index (χ1v) is 8.06. The summed E-state index contributed by atoms with van der Waals surface area (Å²) in [5.41, 5.74) is 0.488. The average Bonchev–Trinajstić information content (AvgIpc) is 2.52. The molecule has 2 rings (SSSR count). The van der Waals surface area contributed by atoms with E-state index in [1.807, 2.05) is 24.3 Å². The number of carbonyl (C=O) groups excluding carboxylic acids is 1. The van der Waals surface area contributed by atoms with Crippen LogP contribution in [0.4, 0.5) is 0 Å². The van der Waals surface area contributed by atoms with Crippen LogP contribution in [0.2, 0.25) is 0 Å². The number of thioether (sulfide) groups is 1. The number of Topliss-reactive ketones (excluding diaryl/α,β-unsaturated/α-hetero) is 1. The number of benzene rings is 2. The molecule has 0 unspecified atom stereocenters. The maximum atomic E-state index is 12.5. The second-order valence-electron chi connectivity index (χ2n) is 4.18. The van der Waals surface area contributed by atoms with Gasteiger partial charge in [-0.1, -0.05) is 18.2 Å². The molecule has 2 aromatic carbocycles. The van der Waals surface area contributed by atoms with Crippen molar-refractivity contribution in [3.05, 3.63) is 52.5 Å². The Kier molecular flexibility index (Phi) is 5.70. The van der Waals surface area contributed by atoms with Crippen LogP contribution in [0, 0.1) is 0 Å². The summed E-state index contributed by atoms with van der Waals surface area (Å²) < 4.78 is 11.5. The quantitative estimate of drug-likeness (QED) is 0.559. The van der Waals surface area contributed by atoms with Gasteiger partial charge in [0.2, 0.25) is 0 Å². The number of halogens is 1. The van der Waals surface area contributed by atoms with Gasteiger partial charge in [-0.25, -0.2) is 0 Å². The summed E-state index contributed by atoms with van der Waals surface area (Å²) in [7, 11) is 3.10. The number of methoxy groups -OCH3 is 2. The Hall–Kier alpha value is -1.46. The molecule has 0 spiro atoms. The third kappa shape index (κ3) is 3.80. The van der Waals surface area contributed by atoms with E-state index >= 15 is 0 Å². The molecule has 0 atom stereocenters. The lowest BCUT2D eigenvalue weighted by Gasteiger charge is -2.12. The zero-order chi connectivity index (χ0) is 15.2. The maximum absolute atomic E-state index is 12.5. The third-order valence-electron chi connectivity index (χ3n) is 2.90. The second-order valence-corrected chi connectivity index (χ2v) is 6.05. The van der Waals surface area contributed by atoms with Crippen LogP contribution in [0.5, 0.6) is 11.5 Å². The zero-order valence-corrected chi connectivity index (χ0v) is 14.2. The summed E-state index contributed by atoms with van der Waals surface area (Å²) in [5.74, 6) is 1.36. The highest BCUT2D eigenvalue weighted by Gasteiger charge is 2.18. The molecule has 21 heavy (non-hydrogen) atoms. The third-order valence-corrected chi connectivity index (χ3v) is 4.93. The van der Waals surface area contributed by atoms with Crippen molar-refractivity contribution < 1.29 is 14.3 Å². The molecule has 110 valence electrons. The zero-order valence-electron chi connectivity index (χ0n) is 11.8. The van der Waals surface area contributed by atoms with Gasteiger partial charge in [0.05, 0.1) is 20.0 Å². The number of hydrogen-bond acceptors (Lipinski definition) is 4. The van der Waals surface area contributed by atoms with E-state index in [0.29, 0.717) is 22.8 Å². The van der Waals surface area contributed by atoms with Crippen molar-refractivity contribution in [1.29, 1.82) is 0 Å². The van der Waals surface area contributed by atoms with Crippen LogP contribution in [0.3, 0.4) is 0 Å². The Balaban J connectivity index is 2.19. The fourth-order valence-corrected chi connectivity index (χ4v) is 3.34. The molecular weight excluding hydrogens is 352 g/mol. The molecule has 2 aromatic rings. The Morgan fingerprint density at radius 3 is 2.24 bits per heavy atom. The maximum Gasteiger partial charge on any atom is 0.180 e. The Bertz CT molecular complexity index is 621. The highest BCUT2D eigenvalue weighted by Crippen LogP contribution is 2.32. The van der Waals surface area contributed by atoms with Crippen LogP contribution >= 0.6 is 27.7 Å². The molecule has 0 aromatic heterocycles. The van der Waals surface area contributed by atoms with Crippen molar-refractivity contribution in [1.82, 2.24) is 0 Å². The Morgan fingerprint density at radius 1 is 1.05 bits per heavy atom. The predicted molar refractivity (Wildman–Crippen MR) is 88.7 cm³/mol. The number of ketones is 1. The van der Waals surface area contributed by atoms with E-state index in [1.165, 1.54) is 11.8 Å². The van der Waals surface area contributed by atoms with Gasteiger partial charge in [-0.3, -0.25) is 4.79 Å². The van der Waals surface area contributed by atoms with Crippen molar-refractivity contribution in [2.45, 2.75) is 4.90 Å². The molecule has 0 heterocycles. The first kappa shape index (κ1) is 15.9. The van der Waals surface area contributed by atoms with Crippen molar-refractivity contribution >= 4 is 33.5 Å². The molecule has 0 aliphatic rings. The summed E-state index contributed by atoms with van der Waals surface area (Å²) in [6.45, 7) is 0. The van der Waals surface area contributed by atoms with Crippen LogP contribution in [-0.4, -0.2) is 25.8 Å². The van der Waals surface area contributed by atoms with E-state index in [9.17, 15) is 4.79 Å². The van der Waals surface area contributed by atoms with E-state index in [-0.39, 0.29) is 5.78 Å². The first-order valence-electron chi connectivity index (χ1n) is 6.29. The Morgan fingerprint density at radius 2 is 1.67 bits per heavy atom. The van der Waals surface area contributed by atoms with Crippen LogP contribution in [0.15, 0.2) is 51.8 Å². The number of rotatable bonds is 6. The highest BCUT2D eigenvalue weighted by atomic mass is 79.9. The summed E-state index contributed by atoms with van der Waals surface area (Å²) in [6, 6.07) is 13.1. The summed E-state index contributed by atoms with van der Waals surface area (Å²) in [6.07, 6.45) is 0. The SMILES string of the molecule is COc1cccc(OC)c1C(=O)CSc1ccccc1Br. The van der Waals surface area contributed by atoms with E-state index in [0.717, 1.165) is 9.37 Å². The minimum absolute atomic E-state index is 0.0231. The lowest BCUT2D eigenvalue weighted by Crippen LogP contribution is -2.07. The minimum atomic E-state index is -0.0231. The van der Waals surface area contributed by atoms with Crippen LogP contribution < -0.4 is 9.47 Å². The van der Waals surface area contributed by atoms with Crippen LogP contribution in [0.1, 0.15) is 10.4 Å². The fraction of sp³-hybridized carbons (Fsp3) is 0.188. The van der Waals surface area contributed by atoms with Gasteiger partial charge in [0, 0.05) is 9.37 Å². The number of ether oxygens (including phenoxy) is 2. The van der Waals surface area contributed by atoms with Gasteiger partial charge >= 0.3 is 0 Å². The average molecular weight is 367 g/mol. The molecule has 0 saturated heterocycles. The largest absolute Gasteiger partial charge is 0.496 e. The normalized spacial score (nSPS) is 10.2. The molecule has 0 aliphatic heterocycles. The van der Waals surface area contributed by atoms with Gasteiger partial charge in [0.15, 0.2) is 5.78 Å². The molecule has 0 amide bonds. The minimum Gasteiger partial charge on any atom is -0.496 e. The van der Waals surface area contributed by atoms with Gasteiger partial charge in [0.1, 0.15) is 17.1 Å². The number of carbonyl (C=O) groups is 1. The molecular formula is C16H15BrO3S. The molecule has 0 saturated carbocycles. The highest BCUT2D eigenvalue weighted by molar-refractivity contribution is 9.10. The van der Waals surface area contributed by atoms with Gasteiger partial charge in [-0.15, -0.1) is 11.8 Å². The van der Waals surface area contributed by atoms with Crippen molar-refractivity contribution in [2.24, 2.45) is 0 Å². The van der Waals surface area contributed by atoms with Crippen LogP contribution in [0.25, 0.3) is 0 Å². The summed E-state index contributed by atoms with van der Waals surface area (Å²) >= 11 is 4.96. The standard InChI is InChI=1S/C16H15BrO3S/c1-19-13-7-5-8-14(20-2)16(13)12(18)10-21-15-9-4-3-6-11(15)17/h3-9H,10H2,1-2H3. The van der Waals surface area contributed by atoms with Gasteiger partial charge in [-0.05, 0) is 40.2 Å². The van der Waals surface area contributed by atoms with Crippen LogP contribution in [-0.2, 0) is 0 Å². The van der Waals surface area contributed by atoms with Gasteiger partial charge in [-0.2, -0.15) is 0 Å². The molecule has 5 heteroatoms. The smallest absolute Gasteiger partial charge is 0.180 e.